The Bertz CT molecular complexity index is 601. The van der Waals surface area contributed by atoms with Gasteiger partial charge in [0.05, 0.1) is 6.54 Å². The average molecular weight is 240 g/mol. The topological polar surface area (TPSA) is 44.9 Å². The van der Waals surface area contributed by atoms with Crippen LogP contribution >= 0.6 is 0 Å². The minimum atomic E-state index is 0.0445. The van der Waals surface area contributed by atoms with Crippen LogP contribution in [-0.4, -0.2) is 17.4 Å². The SMILES string of the molecule is CC#CCNC(=O)CCc1c[nH]c2ccccc12. The highest BCUT2D eigenvalue weighted by Gasteiger charge is 2.05. The third-order valence-corrected chi connectivity index (χ3v) is 2.85. The van der Waals surface area contributed by atoms with Gasteiger partial charge in [-0.1, -0.05) is 24.1 Å². The van der Waals surface area contributed by atoms with E-state index in [0.29, 0.717) is 13.0 Å². The molecule has 0 spiro atoms. The molecule has 0 bridgehead atoms. The molecule has 18 heavy (non-hydrogen) atoms. The molecule has 0 aliphatic carbocycles. The second-order valence-corrected chi connectivity index (χ2v) is 4.06. The van der Waals surface area contributed by atoms with E-state index in [0.717, 1.165) is 11.9 Å². The normalized spacial score (nSPS) is 9.83. The van der Waals surface area contributed by atoms with E-state index in [1.807, 2.05) is 24.4 Å². The predicted molar refractivity (Wildman–Crippen MR) is 73.1 cm³/mol. The van der Waals surface area contributed by atoms with E-state index in [1.165, 1.54) is 10.9 Å². The quantitative estimate of drug-likeness (QED) is 0.791. The van der Waals surface area contributed by atoms with Crippen molar-refractivity contribution < 1.29 is 4.79 Å². The van der Waals surface area contributed by atoms with E-state index < -0.39 is 0 Å². The Morgan fingerprint density at radius 2 is 2.22 bits per heavy atom. The molecule has 92 valence electrons. The number of carbonyl (C=O) groups is 1. The van der Waals surface area contributed by atoms with Crippen molar-refractivity contribution in [2.24, 2.45) is 0 Å². The summed E-state index contributed by atoms with van der Waals surface area (Å²) in [5, 5.41) is 3.96. The molecule has 0 saturated carbocycles. The van der Waals surface area contributed by atoms with Gasteiger partial charge < -0.3 is 10.3 Å². The molecular formula is C15H16N2O. The fourth-order valence-electron chi connectivity index (χ4n) is 1.91. The van der Waals surface area contributed by atoms with E-state index in [9.17, 15) is 4.79 Å². The van der Waals surface area contributed by atoms with Crippen LogP contribution in [0.15, 0.2) is 30.5 Å². The molecule has 0 atom stereocenters. The summed E-state index contributed by atoms with van der Waals surface area (Å²) in [5.41, 5.74) is 2.30. The second-order valence-electron chi connectivity index (χ2n) is 4.06. The van der Waals surface area contributed by atoms with Gasteiger partial charge in [-0.3, -0.25) is 4.79 Å². The molecule has 0 aliphatic rings. The number of benzene rings is 1. The van der Waals surface area contributed by atoms with Crippen molar-refractivity contribution in [1.82, 2.24) is 10.3 Å². The van der Waals surface area contributed by atoms with Crippen LogP contribution in [0.5, 0.6) is 0 Å². The number of para-hydroxylation sites is 1. The molecule has 2 aromatic rings. The van der Waals surface area contributed by atoms with Gasteiger partial charge in [-0.25, -0.2) is 0 Å². The smallest absolute Gasteiger partial charge is 0.221 e. The largest absolute Gasteiger partial charge is 0.361 e. The highest BCUT2D eigenvalue weighted by molar-refractivity contribution is 5.84. The Kier molecular flexibility index (Phi) is 4.03. The molecule has 0 saturated heterocycles. The lowest BCUT2D eigenvalue weighted by molar-refractivity contribution is -0.120. The molecule has 0 radical (unpaired) electrons. The Balaban J connectivity index is 1.93. The Hall–Kier alpha value is -2.21. The third kappa shape index (κ3) is 2.92. The predicted octanol–water partition coefficient (Wildman–Crippen LogP) is 2.24. The first-order chi connectivity index (χ1) is 8.81. The average Bonchev–Trinajstić information content (AvgIpc) is 2.80. The van der Waals surface area contributed by atoms with Crippen LogP contribution in [0.25, 0.3) is 10.9 Å². The number of H-pyrrole nitrogens is 1. The summed E-state index contributed by atoms with van der Waals surface area (Å²) >= 11 is 0. The zero-order valence-electron chi connectivity index (χ0n) is 10.4. The Labute approximate surface area is 107 Å². The first kappa shape index (κ1) is 12.3. The molecule has 1 aromatic heterocycles. The zero-order chi connectivity index (χ0) is 12.8. The van der Waals surface area contributed by atoms with Crippen molar-refractivity contribution in [3.8, 4) is 11.8 Å². The van der Waals surface area contributed by atoms with Crippen molar-refractivity contribution in [3.05, 3.63) is 36.0 Å². The van der Waals surface area contributed by atoms with Gasteiger partial charge >= 0.3 is 0 Å². The number of hydrogen-bond acceptors (Lipinski definition) is 1. The van der Waals surface area contributed by atoms with E-state index in [4.69, 9.17) is 0 Å². The number of rotatable bonds is 4. The van der Waals surface area contributed by atoms with Crippen LogP contribution in [-0.2, 0) is 11.2 Å². The molecule has 0 unspecified atom stereocenters. The number of hydrogen-bond donors (Lipinski definition) is 2. The first-order valence-corrected chi connectivity index (χ1v) is 6.02. The van der Waals surface area contributed by atoms with E-state index in [2.05, 4.69) is 28.2 Å². The van der Waals surface area contributed by atoms with Gasteiger partial charge in [-0.05, 0) is 25.0 Å². The van der Waals surface area contributed by atoms with Crippen LogP contribution in [0.2, 0.25) is 0 Å². The van der Waals surface area contributed by atoms with Gasteiger partial charge in [0.25, 0.3) is 0 Å². The summed E-state index contributed by atoms with van der Waals surface area (Å²) in [5.74, 6) is 5.61. The summed E-state index contributed by atoms with van der Waals surface area (Å²) in [6, 6.07) is 8.12. The standard InChI is InChI=1S/C15H16N2O/c1-2-3-10-16-15(18)9-8-12-11-17-14-7-5-4-6-13(12)14/h4-7,11,17H,8-10H2,1H3,(H,16,18). The second kappa shape index (κ2) is 5.92. The monoisotopic (exact) mass is 240 g/mol. The lowest BCUT2D eigenvalue weighted by atomic mass is 10.1. The highest BCUT2D eigenvalue weighted by Crippen LogP contribution is 2.18. The van der Waals surface area contributed by atoms with Crippen LogP contribution in [0.4, 0.5) is 0 Å². The van der Waals surface area contributed by atoms with Crippen molar-refractivity contribution in [2.45, 2.75) is 19.8 Å². The maximum Gasteiger partial charge on any atom is 0.221 e. The maximum atomic E-state index is 11.6. The fourth-order valence-corrected chi connectivity index (χ4v) is 1.91. The van der Waals surface area contributed by atoms with Gasteiger partial charge in [0, 0.05) is 23.5 Å². The van der Waals surface area contributed by atoms with Crippen molar-refractivity contribution in [2.75, 3.05) is 6.54 Å². The molecule has 2 rings (SSSR count). The number of nitrogens with one attached hydrogen (secondary N) is 2. The lowest BCUT2D eigenvalue weighted by Crippen LogP contribution is -2.23. The number of amides is 1. The number of aromatic nitrogens is 1. The minimum Gasteiger partial charge on any atom is -0.361 e. The lowest BCUT2D eigenvalue weighted by Gasteiger charge is -2.01. The van der Waals surface area contributed by atoms with Crippen LogP contribution in [0.3, 0.4) is 0 Å². The molecule has 0 fully saturated rings. The van der Waals surface area contributed by atoms with Gasteiger partial charge in [-0.2, -0.15) is 0 Å². The number of aryl methyl sites for hydroxylation is 1. The molecule has 1 aromatic carbocycles. The molecule has 1 heterocycles. The number of aromatic amines is 1. The van der Waals surface area contributed by atoms with Crippen molar-refractivity contribution in [3.63, 3.8) is 0 Å². The summed E-state index contributed by atoms with van der Waals surface area (Å²) in [6.07, 6.45) is 3.21. The Morgan fingerprint density at radius 1 is 1.39 bits per heavy atom. The summed E-state index contributed by atoms with van der Waals surface area (Å²) in [7, 11) is 0. The van der Waals surface area contributed by atoms with Crippen molar-refractivity contribution >= 4 is 16.8 Å². The molecule has 3 heteroatoms. The van der Waals surface area contributed by atoms with E-state index >= 15 is 0 Å². The highest BCUT2D eigenvalue weighted by atomic mass is 16.1. The summed E-state index contributed by atoms with van der Waals surface area (Å²) in [6.45, 7) is 2.20. The van der Waals surface area contributed by atoms with Crippen LogP contribution < -0.4 is 5.32 Å². The van der Waals surface area contributed by atoms with E-state index in [-0.39, 0.29) is 5.91 Å². The molecule has 3 nitrogen and oxygen atoms in total. The third-order valence-electron chi connectivity index (χ3n) is 2.85. The summed E-state index contributed by atoms with van der Waals surface area (Å²) in [4.78, 5) is 14.8. The van der Waals surface area contributed by atoms with Gasteiger partial charge in [0.15, 0.2) is 0 Å². The maximum absolute atomic E-state index is 11.6. The van der Waals surface area contributed by atoms with E-state index in [1.54, 1.807) is 6.92 Å². The fraction of sp³-hybridized carbons (Fsp3) is 0.267. The van der Waals surface area contributed by atoms with Crippen LogP contribution in [0.1, 0.15) is 18.9 Å². The minimum absolute atomic E-state index is 0.0445. The Morgan fingerprint density at radius 3 is 3.06 bits per heavy atom. The first-order valence-electron chi connectivity index (χ1n) is 6.02. The zero-order valence-corrected chi connectivity index (χ0v) is 10.4. The summed E-state index contributed by atoms with van der Waals surface area (Å²) < 4.78 is 0. The van der Waals surface area contributed by atoms with Gasteiger partial charge in [0.1, 0.15) is 0 Å². The molecule has 0 aliphatic heterocycles. The van der Waals surface area contributed by atoms with Gasteiger partial charge in [-0.15, -0.1) is 5.92 Å². The van der Waals surface area contributed by atoms with Crippen molar-refractivity contribution in [1.29, 1.82) is 0 Å². The number of carbonyl (C=O) groups excluding carboxylic acids is 1. The molecule has 2 N–H and O–H groups in total. The molecular weight excluding hydrogens is 224 g/mol. The molecule has 1 amide bonds. The number of fused-ring (bicyclic) bond motifs is 1. The van der Waals surface area contributed by atoms with Crippen LogP contribution in [0, 0.1) is 11.8 Å². The van der Waals surface area contributed by atoms with Gasteiger partial charge in [0.2, 0.25) is 5.91 Å².